The van der Waals surface area contributed by atoms with Crippen molar-refractivity contribution in [2.24, 2.45) is 5.92 Å². The number of hydrogen-bond acceptors (Lipinski definition) is 5. The summed E-state index contributed by atoms with van der Waals surface area (Å²) in [6.07, 6.45) is 1.11. The van der Waals surface area contributed by atoms with Crippen LogP contribution in [0.4, 0.5) is 0 Å². The molecule has 6 heteroatoms. The third-order valence-electron chi connectivity index (χ3n) is 3.49. The topological polar surface area (TPSA) is 81.7 Å². The third-order valence-corrected chi connectivity index (χ3v) is 3.49. The Morgan fingerprint density at radius 1 is 1.05 bits per heavy atom. The average Bonchev–Trinajstić information content (AvgIpc) is 2.35. The van der Waals surface area contributed by atoms with Crippen molar-refractivity contribution in [1.29, 1.82) is 0 Å². The van der Waals surface area contributed by atoms with Crippen molar-refractivity contribution in [1.82, 2.24) is 5.32 Å². The van der Waals surface area contributed by atoms with Gasteiger partial charge in [0.1, 0.15) is 0 Å². The Bertz CT molecular complexity index is 585. The molecule has 120 valence electrons. The molecule has 0 saturated heterocycles. The summed E-state index contributed by atoms with van der Waals surface area (Å²) in [5.41, 5.74) is 0.998. The van der Waals surface area contributed by atoms with Crippen molar-refractivity contribution < 1.29 is 23.9 Å². The number of ether oxygens (including phenoxy) is 2. The lowest BCUT2D eigenvalue weighted by atomic mass is 9.70. The Labute approximate surface area is 129 Å². The third kappa shape index (κ3) is 2.91. The van der Waals surface area contributed by atoms with Gasteiger partial charge in [0.25, 0.3) is 0 Å². The molecule has 2 rings (SSSR count). The highest BCUT2D eigenvalue weighted by molar-refractivity contribution is 6.08. The summed E-state index contributed by atoms with van der Waals surface area (Å²) in [6, 6.07) is -0.517. The summed E-state index contributed by atoms with van der Waals surface area (Å²) in [7, 11) is 0. The number of fused-ring (bicyclic) bond motifs is 1. The molecule has 0 spiro atoms. The van der Waals surface area contributed by atoms with Crippen LogP contribution in [0.15, 0.2) is 22.8 Å². The van der Waals surface area contributed by atoms with Gasteiger partial charge < -0.3 is 14.8 Å². The maximum atomic E-state index is 12.2. The van der Waals surface area contributed by atoms with E-state index in [1.54, 1.807) is 40.7 Å². The normalized spacial score (nSPS) is 23.6. The Morgan fingerprint density at radius 2 is 1.55 bits per heavy atom. The Morgan fingerprint density at radius 3 is 2.05 bits per heavy atom. The first-order chi connectivity index (χ1) is 10.2. The number of rotatable bonds is 4. The van der Waals surface area contributed by atoms with E-state index in [9.17, 15) is 14.4 Å². The van der Waals surface area contributed by atoms with Gasteiger partial charge in [0.05, 0.1) is 29.4 Å². The van der Waals surface area contributed by atoms with Crippen LogP contribution in [0.1, 0.15) is 34.6 Å². The van der Waals surface area contributed by atoms with E-state index in [0.29, 0.717) is 5.57 Å². The van der Waals surface area contributed by atoms with Crippen molar-refractivity contribution >= 4 is 17.8 Å². The SMILES string of the molecule is CC1=C[C@H]2C(C(=O)OC(C)C)=C(C(=O)OC(C)C)[C@H]2NC1=O. The molecule has 1 N–H and O–H groups in total. The summed E-state index contributed by atoms with van der Waals surface area (Å²) in [5.74, 6) is -1.70. The lowest BCUT2D eigenvalue weighted by Gasteiger charge is -2.41. The lowest BCUT2D eigenvalue weighted by Crippen LogP contribution is -2.55. The number of carbonyl (C=O) groups is 3. The fourth-order valence-electron chi connectivity index (χ4n) is 2.58. The molecule has 0 aromatic carbocycles. The smallest absolute Gasteiger partial charge is 0.336 e. The van der Waals surface area contributed by atoms with Crippen molar-refractivity contribution in [2.75, 3.05) is 0 Å². The number of carbonyl (C=O) groups excluding carboxylic acids is 3. The van der Waals surface area contributed by atoms with Crippen LogP contribution in [0.25, 0.3) is 0 Å². The number of nitrogens with one attached hydrogen (secondary N) is 1. The van der Waals surface area contributed by atoms with Crippen molar-refractivity contribution in [2.45, 2.75) is 52.9 Å². The minimum atomic E-state index is -0.583. The minimum Gasteiger partial charge on any atom is -0.460 e. The molecule has 0 bridgehead atoms. The van der Waals surface area contributed by atoms with E-state index in [1.165, 1.54) is 0 Å². The van der Waals surface area contributed by atoms with Crippen LogP contribution in [-0.2, 0) is 23.9 Å². The first-order valence-corrected chi connectivity index (χ1v) is 7.37. The first-order valence-electron chi connectivity index (χ1n) is 7.37. The largest absolute Gasteiger partial charge is 0.460 e. The Hall–Kier alpha value is -2.11. The van der Waals surface area contributed by atoms with Crippen molar-refractivity contribution in [3.05, 3.63) is 22.8 Å². The molecule has 1 amide bonds. The maximum absolute atomic E-state index is 12.2. The van der Waals surface area contributed by atoms with Crippen molar-refractivity contribution in [3.63, 3.8) is 0 Å². The number of amides is 1. The second-order valence-electron chi connectivity index (χ2n) is 6.06. The highest BCUT2D eigenvalue weighted by Crippen LogP contribution is 2.40. The van der Waals surface area contributed by atoms with Gasteiger partial charge in [-0.2, -0.15) is 0 Å². The van der Waals surface area contributed by atoms with Gasteiger partial charge >= 0.3 is 11.9 Å². The summed E-state index contributed by atoms with van der Waals surface area (Å²) >= 11 is 0. The van der Waals surface area contributed by atoms with Gasteiger partial charge in [0.15, 0.2) is 0 Å². The Balaban J connectivity index is 2.37. The van der Waals surface area contributed by atoms with Gasteiger partial charge in [0, 0.05) is 11.5 Å². The molecular weight excluding hydrogens is 286 g/mol. The van der Waals surface area contributed by atoms with Gasteiger partial charge in [-0.1, -0.05) is 6.08 Å². The first kappa shape index (κ1) is 16.3. The van der Waals surface area contributed by atoms with E-state index in [-0.39, 0.29) is 35.2 Å². The molecule has 1 aliphatic carbocycles. The van der Waals surface area contributed by atoms with Gasteiger partial charge in [-0.3, -0.25) is 4.79 Å². The molecule has 6 nitrogen and oxygen atoms in total. The highest BCUT2D eigenvalue weighted by atomic mass is 16.5. The predicted octanol–water partition coefficient (Wildman–Crippen LogP) is 1.26. The fraction of sp³-hybridized carbons (Fsp3) is 0.562. The van der Waals surface area contributed by atoms with E-state index in [1.807, 2.05) is 0 Å². The summed E-state index contributed by atoms with van der Waals surface area (Å²) in [6.45, 7) is 8.60. The van der Waals surface area contributed by atoms with E-state index >= 15 is 0 Å². The second-order valence-corrected chi connectivity index (χ2v) is 6.06. The molecule has 0 aromatic heterocycles. The average molecular weight is 307 g/mol. The summed E-state index contributed by atoms with van der Waals surface area (Å²) < 4.78 is 10.4. The van der Waals surface area contributed by atoms with Crippen LogP contribution in [0.5, 0.6) is 0 Å². The fourth-order valence-corrected chi connectivity index (χ4v) is 2.58. The van der Waals surface area contributed by atoms with Crippen LogP contribution >= 0.6 is 0 Å². The summed E-state index contributed by atoms with van der Waals surface area (Å²) in [4.78, 5) is 36.2. The van der Waals surface area contributed by atoms with E-state index in [4.69, 9.17) is 9.47 Å². The van der Waals surface area contributed by atoms with Crippen LogP contribution in [-0.4, -0.2) is 36.1 Å². The molecule has 22 heavy (non-hydrogen) atoms. The second kappa shape index (κ2) is 5.94. The van der Waals surface area contributed by atoms with Crippen LogP contribution in [0, 0.1) is 5.92 Å². The van der Waals surface area contributed by atoms with Crippen LogP contribution in [0.3, 0.4) is 0 Å². The molecule has 0 saturated carbocycles. The zero-order valence-electron chi connectivity index (χ0n) is 13.4. The number of esters is 2. The Kier molecular flexibility index (Phi) is 4.39. The maximum Gasteiger partial charge on any atom is 0.336 e. The number of hydrogen-bond donors (Lipinski definition) is 1. The molecule has 0 unspecified atom stereocenters. The highest BCUT2D eigenvalue weighted by Gasteiger charge is 2.50. The quantitative estimate of drug-likeness (QED) is 0.791. The minimum absolute atomic E-state index is 0.196. The van der Waals surface area contributed by atoms with E-state index < -0.39 is 18.0 Å². The molecule has 1 heterocycles. The molecule has 2 aliphatic rings. The zero-order valence-corrected chi connectivity index (χ0v) is 13.4. The molecule has 0 fully saturated rings. The van der Waals surface area contributed by atoms with Crippen molar-refractivity contribution in [3.8, 4) is 0 Å². The molecule has 0 aromatic rings. The molecule has 0 radical (unpaired) electrons. The molecular formula is C16H21NO5. The van der Waals surface area contributed by atoms with Gasteiger partial charge in [0.2, 0.25) is 5.91 Å². The standard InChI is InChI=1S/C16H21NO5/c1-7(2)21-15(19)11-10-6-9(5)14(18)17-13(10)12(11)16(20)22-8(3)4/h6-8,10,13H,1-5H3,(H,17,18)/t10-,13-/m0/s1. The molecule has 1 aliphatic heterocycles. The van der Waals surface area contributed by atoms with Gasteiger partial charge in [-0.05, 0) is 34.6 Å². The van der Waals surface area contributed by atoms with E-state index in [0.717, 1.165) is 0 Å². The summed E-state index contributed by atoms with van der Waals surface area (Å²) in [5, 5.41) is 2.73. The zero-order chi connectivity index (χ0) is 16.6. The van der Waals surface area contributed by atoms with E-state index in [2.05, 4.69) is 5.32 Å². The van der Waals surface area contributed by atoms with Crippen LogP contribution < -0.4 is 5.32 Å². The van der Waals surface area contributed by atoms with Gasteiger partial charge in [-0.15, -0.1) is 0 Å². The van der Waals surface area contributed by atoms with Gasteiger partial charge in [-0.25, -0.2) is 9.59 Å². The lowest BCUT2D eigenvalue weighted by molar-refractivity contribution is -0.148. The molecule has 2 atom stereocenters. The monoisotopic (exact) mass is 307 g/mol. The predicted molar refractivity (Wildman–Crippen MR) is 78.7 cm³/mol. The van der Waals surface area contributed by atoms with Crippen LogP contribution in [0.2, 0.25) is 0 Å².